The van der Waals surface area contributed by atoms with Crippen LogP contribution in [-0.4, -0.2) is 55.0 Å². The number of benzene rings is 7. The Labute approximate surface area is 384 Å². The number of azo groups is 3. The van der Waals surface area contributed by atoms with Crippen molar-refractivity contribution in [2.24, 2.45) is 30.7 Å². The summed E-state index contributed by atoms with van der Waals surface area (Å²) < 4.78 is 104. The number of carbonyl (C=O) groups is 1. The molecule has 0 fully saturated rings. The Balaban J connectivity index is 0.00000680. The van der Waals surface area contributed by atoms with E-state index in [1.165, 1.54) is 78.9 Å². The van der Waals surface area contributed by atoms with E-state index in [9.17, 15) is 53.9 Å². The summed E-state index contributed by atoms with van der Waals surface area (Å²) >= 11 is 0. The predicted molar refractivity (Wildman–Crippen MR) is 229 cm³/mol. The number of nitrogens with one attached hydrogen (secondary N) is 1. The molecule has 7 aromatic rings. The molecule has 10 N–H and O–H groups in total. The molecule has 7 rings (SSSR count). The molecule has 0 radical (unpaired) electrons. The molecule has 0 unspecified atom stereocenters. The Bertz CT molecular complexity index is 3450. The number of nitrogens with two attached hydrogens (primary N) is 2. The molecule has 21 nitrogen and oxygen atoms in total. The standard InChI is InChI=1S/C39H29N9O12S3.Na/c40-23-9-6-21-16-30(62(55,56)57)35(37(49)28(21)19-23)47-45-27-14-12-24(13-15-27)42-39(51)20-7-10-26(11-8-20)44-46-34-29(61(52,53)54)17-22-18-31(63(58,59)60)36(38(50)32(22)33(34)41)48-43-25-4-2-1-3-5-25;/h1-19,49-50H,40-41H2,(H,42,51)(H,52,53,54)(H,55,56,57)(H,58,59,60);/q;+1. The normalized spacial score (nSPS) is 12.4. The second-order valence-electron chi connectivity index (χ2n) is 13.3. The fraction of sp³-hybridized carbons (Fsp3) is 0. The van der Waals surface area contributed by atoms with Crippen LogP contribution in [0.15, 0.2) is 161 Å². The van der Waals surface area contributed by atoms with Gasteiger partial charge in [-0.1, -0.05) is 24.3 Å². The van der Waals surface area contributed by atoms with Crippen molar-refractivity contribution < 1.29 is 83.5 Å². The van der Waals surface area contributed by atoms with Crippen molar-refractivity contribution >= 4 is 109 Å². The van der Waals surface area contributed by atoms with Crippen LogP contribution in [0.5, 0.6) is 11.5 Å². The third kappa shape index (κ3) is 10.0. The van der Waals surface area contributed by atoms with Crippen LogP contribution in [0.3, 0.4) is 0 Å². The summed E-state index contributed by atoms with van der Waals surface area (Å²) in [5.74, 6) is -2.09. The third-order valence-electron chi connectivity index (χ3n) is 9.03. The number of hydrogen-bond donors (Lipinski definition) is 8. The first-order valence-corrected chi connectivity index (χ1v) is 21.9. The molecule has 320 valence electrons. The van der Waals surface area contributed by atoms with E-state index in [-0.39, 0.29) is 79.4 Å². The first-order valence-electron chi connectivity index (χ1n) is 17.6. The minimum Gasteiger partial charge on any atom is -0.505 e. The summed E-state index contributed by atoms with van der Waals surface area (Å²) in [5.41, 5.74) is 10.8. The molecule has 0 saturated carbocycles. The van der Waals surface area contributed by atoms with Gasteiger partial charge in [0.05, 0.1) is 28.1 Å². The minimum atomic E-state index is -5.13. The van der Waals surface area contributed by atoms with Crippen LogP contribution in [0.2, 0.25) is 0 Å². The molecule has 0 atom stereocenters. The molecule has 25 heteroatoms. The first-order chi connectivity index (χ1) is 29.7. The van der Waals surface area contributed by atoms with Gasteiger partial charge in [0.25, 0.3) is 36.3 Å². The number of anilines is 3. The van der Waals surface area contributed by atoms with Gasteiger partial charge < -0.3 is 27.0 Å². The molecular formula is C39H29N9NaO12S3+. The molecule has 0 spiro atoms. The Hall–Kier alpha value is -6.74. The molecule has 0 bridgehead atoms. The van der Waals surface area contributed by atoms with Crippen molar-refractivity contribution in [3.63, 3.8) is 0 Å². The van der Waals surface area contributed by atoms with E-state index in [2.05, 4.69) is 36.0 Å². The monoisotopic (exact) mass is 934 g/mol. The summed E-state index contributed by atoms with van der Waals surface area (Å²) in [6.07, 6.45) is 0. The van der Waals surface area contributed by atoms with E-state index >= 15 is 0 Å². The molecule has 0 saturated heterocycles. The van der Waals surface area contributed by atoms with E-state index in [1.54, 1.807) is 18.2 Å². The van der Waals surface area contributed by atoms with Gasteiger partial charge in [-0.3, -0.25) is 18.5 Å². The molecular weight excluding hydrogens is 906 g/mol. The zero-order valence-electron chi connectivity index (χ0n) is 32.6. The first kappa shape index (κ1) is 46.8. The van der Waals surface area contributed by atoms with Gasteiger partial charge in [0.2, 0.25) is 0 Å². The van der Waals surface area contributed by atoms with Crippen LogP contribution < -0.4 is 46.3 Å². The molecule has 0 aliphatic heterocycles. The van der Waals surface area contributed by atoms with Crippen molar-refractivity contribution in [3.05, 3.63) is 121 Å². The molecule has 0 aromatic heterocycles. The second-order valence-corrected chi connectivity index (χ2v) is 17.4. The third-order valence-corrected chi connectivity index (χ3v) is 11.6. The predicted octanol–water partition coefficient (Wildman–Crippen LogP) is 5.81. The van der Waals surface area contributed by atoms with Gasteiger partial charge >= 0.3 is 29.6 Å². The van der Waals surface area contributed by atoms with Crippen LogP contribution >= 0.6 is 0 Å². The Morgan fingerprint density at radius 1 is 0.516 bits per heavy atom. The van der Waals surface area contributed by atoms with Crippen LogP contribution in [0.1, 0.15) is 10.4 Å². The number of phenolic OH excluding ortho intramolecular Hbond substituents is 2. The number of aromatic hydroxyl groups is 2. The van der Waals surface area contributed by atoms with E-state index in [4.69, 9.17) is 11.5 Å². The zero-order chi connectivity index (χ0) is 45.4. The van der Waals surface area contributed by atoms with Gasteiger partial charge in [-0.2, -0.15) is 40.6 Å². The minimum absolute atomic E-state index is 0. The Morgan fingerprint density at radius 2 is 0.969 bits per heavy atom. The van der Waals surface area contributed by atoms with Crippen LogP contribution in [0.4, 0.5) is 51.2 Å². The smallest absolute Gasteiger partial charge is 0.505 e. The van der Waals surface area contributed by atoms with E-state index in [0.717, 1.165) is 18.2 Å². The molecule has 64 heavy (non-hydrogen) atoms. The molecule has 0 aliphatic rings. The number of phenols is 2. The van der Waals surface area contributed by atoms with Crippen molar-refractivity contribution in [3.8, 4) is 11.5 Å². The van der Waals surface area contributed by atoms with Crippen molar-refractivity contribution in [2.45, 2.75) is 14.7 Å². The maximum absolute atomic E-state index is 13.1. The van der Waals surface area contributed by atoms with Gasteiger partial charge in [0.1, 0.15) is 31.7 Å². The molecule has 0 heterocycles. The van der Waals surface area contributed by atoms with Gasteiger partial charge in [-0.15, -0.1) is 15.3 Å². The maximum Gasteiger partial charge on any atom is 1.00 e. The number of nitrogens with zero attached hydrogens (tertiary/aromatic N) is 6. The van der Waals surface area contributed by atoms with Gasteiger partial charge in [0.15, 0.2) is 11.5 Å². The summed E-state index contributed by atoms with van der Waals surface area (Å²) in [4.78, 5) is 10.5. The summed E-state index contributed by atoms with van der Waals surface area (Å²) in [7, 11) is -15.1. The molecule has 0 aliphatic carbocycles. The van der Waals surface area contributed by atoms with Gasteiger partial charge in [-0.05, 0) is 102 Å². The fourth-order valence-corrected chi connectivity index (χ4v) is 8.05. The zero-order valence-corrected chi connectivity index (χ0v) is 37.1. The average Bonchev–Trinajstić information content (AvgIpc) is 3.22. The Morgan fingerprint density at radius 3 is 1.50 bits per heavy atom. The van der Waals surface area contributed by atoms with Crippen LogP contribution in [0, 0.1) is 0 Å². The number of fused-ring (bicyclic) bond motifs is 2. The molecule has 1 amide bonds. The van der Waals surface area contributed by atoms with Gasteiger partial charge in [-0.25, -0.2) is 0 Å². The van der Waals surface area contributed by atoms with Crippen molar-refractivity contribution in [2.75, 3.05) is 16.8 Å². The van der Waals surface area contributed by atoms with Crippen LogP contribution in [-0.2, 0) is 30.4 Å². The largest absolute Gasteiger partial charge is 1.00 e. The quantitative estimate of drug-likeness (QED) is 0.0328. The van der Waals surface area contributed by atoms with E-state index < -0.39 is 85.2 Å². The van der Waals surface area contributed by atoms with Gasteiger partial charge in [0, 0.05) is 22.3 Å². The summed E-state index contributed by atoms with van der Waals surface area (Å²) in [6.45, 7) is 0. The maximum atomic E-state index is 13.1. The number of hydrogen-bond acceptors (Lipinski definition) is 17. The number of carbonyl (C=O) groups excluding carboxylic acids is 1. The number of amides is 1. The van der Waals surface area contributed by atoms with E-state index in [1.807, 2.05) is 0 Å². The number of rotatable bonds is 11. The second kappa shape index (κ2) is 18.2. The van der Waals surface area contributed by atoms with Crippen molar-refractivity contribution in [1.29, 1.82) is 0 Å². The fourth-order valence-electron chi connectivity index (χ4n) is 6.07. The van der Waals surface area contributed by atoms with Crippen LogP contribution in [0.25, 0.3) is 21.5 Å². The topological polar surface area (TPSA) is 359 Å². The van der Waals surface area contributed by atoms with E-state index in [0.29, 0.717) is 5.69 Å². The SMILES string of the molecule is Nc1ccc2cc(S(=O)(=O)O)c(N=Nc3ccc(NC(=O)c4ccc(N=Nc5c(S(=O)(=O)O)cc6cc(S(=O)(=O)O)c(N=Nc7ccccc7)c(O)c6c5N)cc4)cc3)c(O)c2c1.[Na+]. The average molecular weight is 935 g/mol. The number of nitrogen functional groups attached to an aromatic ring is 2. The van der Waals surface area contributed by atoms with Crippen molar-refractivity contribution in [1.82, 2.24) is 0 Å². The summed E-state index contributed by atoms with van der Waals surface area (Å²) in [5, 5.41) is 47.8. The molecule has 7 aromatic carbocycles. The summed E-state index contributed by atoms with van der Waals surface area (Å²) in [6, 6.07) is 26.1. The Kier molecular flexibility index (Phi) is 13.3.